The van der Waals surface area contributed by atoms with Crippen molar-refractivity contribution >= 4 is 0 Å². The molecule has 0 bridgehead atoms. The summed E-state index contributed by atoms with van der Waals surface area (Å²) in [4.78, 5) is 0. The van der Waals surface area contributed by atoms with E-state index in [4.69, 9.17) is 9.47 Å². The van der Waals surface area contributed by atoms with E-state index in [0.29, 0.717) is 12.8 Å². The molecule has 0 N–H and O–H groups in total. The molecular weight excluding hydrogens is 293 g/mol. The Hall–Kier alpha value is -2.17. The molecule has 0 atom stereocenters. The zero-order valence-corrected chi connectivity index (χ0v) is 12.4. The molecule has 2 aromatic rings. The third-order valence-corrected chi connectivity index (χ3v) is 3.46. The van der Waals surface area contributed by atoms with Gasteiger partial charge in [-0.15, -0.1) is 0 Å². The highest BCUT2D eigenvalue weighted by Gasteiger charge is 2.33. The summed E-state index contributed by atoms with van der Waals surface area (Å²) in [5, 5.41) is 0. The van der Waals surface area contributed by atoms with Gasteiger partial charge in [0.05, 0.1) is 19.8 Å². The maximum absolute atomic E-state index is 13.1. The third kappa shape index (κ3) is 3.93. The maximum Gasteiger partial charge on any atom is 0.416 e. The van der Waals surface area contributed by atoms with Crippen molar-refractivity contribution in [3.05, 3.63) is 59.2 Å². The lowest BCUT2D eigenvalue weighted by Gasteiger charge is -2.14. The van der Waals surface area contributed by atoms with E-state index in [1.165, 1.54) is 13.2 Å². The van der Waals surface area contributed by atoms with Crippen LogP contribution in [0.1, 0.15) is 16.7 Å². The lowest BCUT2D eigenvalue weighted by molar-refractivity contribution is -0.138. The lowest BCUT2D eigenvalue weighted by Crippen LogP contribution is -2.10. The summed E-state index contributed by atoms with van der Waals surface area (Å²) in [6.45, 7) is 0. The van der Waals surface area contributed by atoms with Gasteiger partial charge >= 0.3 is 6.18 Å². The molecular formula is C17H17F3O2. The smallest absolute Gasteiger partial charge is 0.416 e. The molecule has 2 nitrogen and oxygen atoms in total. The summed E-state index contributed by atoms with van der Waals surface area (Å²) < 4.78 is 49.3. The first kappa shape index (κ1) is 16.2. The fourth-order valence-electron chi connectivity index (χ4n) is 2.24. The molecule has 2 aromatic carbocycles. The van der Waals surface area contributed by atoms with Crippen LogP contribution in [0.2, 0.25) is 0 Å². The van der Waals surface area contributed by atoms with E-state index in [1.807, 2.05) is 12.1 Å². The highest BCUT2D eigenvalue weighted by molar-refractivity contribution is 5.38. The van der Waals surface area contributed by atoms with Crippen LogP contribution in [-0.4, -0.2) is 14.2 Å². The predicted molar refractivity (Wildman–Crippen MR) is 78.4 cm³/mol. The molecule has 5 heteroatoms. The summed E-state index contributed by atoms with van der Waals surface area (Å²) in [7, 11) is 2.93. The Balaban J connectivity index is 2.17. The molecule has 0 amide bonds. The summed E-state index contributed by atoms with van der Waals surface area (Å²) in [5.41, 5.74) is 0.592. The molecule has 0 aliphatic heterocycles. The summed E-state index contributed by atoms with van der Waals surface area (Å²) >= 11 is 0. The van der Waals surface area contributed by atoms with E-state index in [2.05, 4.69) is 0 Å². The van der Waals surface area contributed by atoms with E-state index in [0.717, 1.165) is 17.4 Å². The number of alkyl halides is 3. The Morgan fingerprint density at radius 1 is 0.818 bits per heavy atom. The van der Waals surface area contributed by atoms with Crippen LogP contribution in [0.4, 0.5) is 13.2 Å². The van der Waals surface area contributed by atoms with Gasteiger partial charge in [-0.05, 0) is 48.2 Å². The van der Waals surface area contributed by atoms with Crippen LogP contribution in [0.5, 0.6) is 11.5 Å². The van der Waals surface area contributed by atoms with Gasteiger partial charge in [-0.2, -0.15) is 13.2 Å². The van der Waals surface area contributed by atoms with Gasteiger partial charge in [-0.25, -0.2) is 0 Å². The van der Waals surface area contributed by atoms with Crippen LogP contribution in [0.15, 0.2) is 42.5 Å². The molecule has 0 radical (unpaired) electrons. The minimum atomic E-state index is -4.39. The van der Waals surface area contributed by atoms with Crippen molar-refractivity contribution < 1.29 is 22.6 Å². The first-order valence-electron chi connectivity index (χ1n) is 6.81. The van der Waals surface area contributed by atoms with E-state index >= 15 is 0 Å². The molecule has 0 fully saturated rings. The number of aryl methyl sites for hydroxylation is 2. The minimum absolute atomic E-state index is 0.209. The van der Waals surface area contributed by atoms with Crippen molar-refractivity contribution in [2.75, 3.05) is 14.2 Å². The molecule has 0 saturated heterocycles. The SMILES string of the molecule is COc1ccc(CCc2ccc(OC)cc2C(F)(F)F)cc1. The lowest BCUT2D eigenvalue weighted by atomic mass is 9.99. The summed E-state index contributed by atoms with van der Waals surface area (Å²) in [6.07, 6.45) is -3.55. The quantitative estimate of drug-likeness (QED) is 0.809. The molecule has 0 saturated carbocycles. The van der Waals surface area contributed by atoms with Crippen LogP contribution in [0, 0.1) is 0 Å². The largest absolute Gasteiger partial charge is 0.497 e. The summed E-state index contributed by atoms with van der Waals surface area (Å²) in [6, 6.07) is 11.4. The van der Waals surface area contributed by atoms with Crippen molar-refractivity contribution in [1.29, 1.82) is 0 Å². The highest BCUT2D eigenvalue weighted by Crippen LogP contribution is 2.35. The number of hydrogen-bond acceptors (Lipinski definition) is 2. The van der Waals surface area contributed by atoms with E-state index in [-0.39, 0.29) is 11.3 Å². The molecule has 0 aliphatic carbocycles. The third-order valence-electron chi connectivity index (χ3n) is 3.46. The fourth-order valence-corrected chi connectivity index (χ4v) is 2.24. The Kier molecular flexibility index (Phi) is 4.96. The molecule has 0 aliphatic rings. The predicted octanol–water partition coefficient (Wildman–Crippen LogP) is 4.51. The number of halogens is 3. The van der Waals surface area contributed by atoms with Gasteiger partial charge < -0.3 is 9.47 Å². The van der Waals surface area contributed by atoms with Crippen molar-refractivity contribution in [3.63, 3.8) is 0 Å². The van der Waals surface area contributed by atoms with Gasteiger partial charge in [0.2, 0.25) is 0 Å². The molecule has 0 heterocycles. The Bertz CT molecular complexity index is 619. The van der Waals surface area contributed by atoms with Crippen molar-refractivity contribution in [2.45, 2.75) is 19.0 Å². The van der Waals surface area contributed by atoms with Gasteiger partial charge in [-0.3, -0.25) is 0 Å². The second-order valence-corrected chi connectivity index (χ2v) is 4.87. The van der Waals surface area contributed by atoms with Crippen LogP contribution in [-0.2, 0) is 19.0 Å². The number of hydrogen-bond donors (Lipinski definition) is 0. The average molecular weight is 310 g/mol. The van der Waals surface area contributed by atoms with Crippen LogP contribution >= 0.6 is 0 Å². The normalized spacial score (nSPS) is 11.3. The molecule has 0 spiro atoms. The van der Waals surface area contributed by atoms with E-state index in [1.54, 1.807) is 25.3 Å². The van der Waals surface area contributed by atoms with Gasteiger partial charge in [0.15, 0.2) is 0 Å². The fraction of sp³-hybridized carbons (Fsp3) is 0.294. The number of rotatable bonds is 5. The van der Waals surface area contributed by atoms with Crippen molar-refractivity contribution in [3.8, 4) is 11.5 Å². The Labute approximate surface area is 127 Å². The topological polar surface area (TPSA) is 18.5 Å². The van der Waals surface area contributed by atoms with E-state index < -0.39 is 11.7 Å². The number of benzene rings is 2. The van der Waals surface area contributed by atoms with Crippen molar-refractivity contribution in [2.24, 2.45) is 0 Å². The zero-order valence-electron chi connectivity index (χ0n) is 12.4. The van der Waals surface area contributed by atoms with Gasteiger partial charge in [0.25, 0.3) is 0 Å². The zero-order chi connectivity index (χ0) is 16.2. The molecule has 0 unspecified atom stereocenters. The molecule has 2 rings (SSSR count). The first-order chi connectivity index (χ1) is 10.4. The van der Waals surface area contributed by atoms with Gasteiger partial charge in [0, 0.05) is 0 Å². The number of ether oxygens (including phenoxy) is 2. The maximum atomic E-state index is 13.1. The molecule has 0 aromatic heterocycles. The minimum Gasteiger partial charge on any atom is -0.497 e. The van der Waals surface area contributed by atoms with Crippen molar-refractivity contribution in [1.82, 2.24) is 0 Å². The Morgan fingerprint density at radius 3 is 1.95 bits per heavy atom. The standard InChI is InChI=1S/C17H17F3O2/c1-21-14-8-4-12(5-9-14)3-6-13-7-10-15(22-2)11-16(13)17(18,19)20/h4-5,7-11H,3,6H2,1-2H3. The van der Waals surface area contributed by atoms with Crippen LogP contribution in [0.3, 0.4) is 0 Å². The van der Waals surface area contributed by atoms with Crippen LogP contribution < -0.4 is 9.47 Å². The van der Waals surface area contributed by atoms with Crippen LogP contribution in [0.25, 0.3) is 0 Å². The first-order valence-corrected chi connectivity index (χ1v) is 6.81. The average Bonchev–Trinajstić information content (AvgIpc) is 2.52. The van der Waals surface area contributed by atoms with E-state index in [9.17, 15) is 13.2 Å². The second-order valence-electron chi connectivity index (χ2n) is 4.87. The summed E-state index contributed by atoms with van der Waals surface area (Å²) in [5.74, 6) is 0.935. The van der Waals surface area contributed by atoms with Gasteiger partial charge in [0.1, 0.15) is 11.5 Å². The molecule has 22 heavy (non-hydrogen) atoms. The highest BCUT2D eigenvalue weighted by atomic mass is 19.4. The Morgan fingerprint density at radius 2 is 1.41 bits per heavy atom. The number of methoxy groups -OCH3 is 2. The monoisotopic (exact) mass is 310 g/mol. The molecule has 118 valence electrons. The second kappa shape index (κ2) is 6.73. The van der Waals surface area contributed by atoms with Gasteiger partial charge in [-0.1, -0.05) is 18.2 Å².